The van der Waals surface area contributed by atoms with Crippen LogP contribution in [-0.4, -0.2) is 19.2 Å². The largest absolute Gasteiger partial charge is 0.490 e. The third kappa shape index (κ3) is 3.22. The van der Waals surface area contributed by atoms with Crippen LogP contribution in [0.1, 0.15) is 12.8 Å². The average molecular weight is 319 g/mol. The number of piperidine rings is 1. The van der Waals surface area contributed by atoms with Gasteiger partial charge in [-0.3, -0.25) is 0 Å². The second-order valence-electron chi connectivity index (χ2n) is 6.12. The molecule has 0 amide bonds. The molecular weight excluding hydrogens is 298 g/mol. The number of ether oxygens (including phenoxy) is 1. The lowest BCUT2D eigenvalue weighted by Gasteiger charge is -2.25. The minimum absolute atomic E-state index is 0.256. The summed E-state index contributed by atoms with van der Waals surface area (Å²) in [5.41, 5.74) is 3.37. The van der Waals surface area contributed by atoms with Crippen molar-refractivity contribution >= 4 is 0 Å². The predicted octanol–water partition coefficient (Wildman–Crippen LogP) is 4.74. The molecule has 0 unspecified atom stereocenters. The van der Waals surface area contributed by atoms with Crippen LogP contribution in [0, 0.1) is 0 Å². The molecule has 24 heavy (non-hydrogen) atoms. The SMILES string of the molecule is c1ccc(-c2ccc(-c3ccco3)c(OC3CCNCC3)c2)cc1. The van der Waals surface area contributed by atoms with Crippen LogP contribution in [0.3, 0.4) is 0 Å². The van der Waals surface area contributed by atoms with E-state index in [-0.39, 0.29) is 6.10 Å². The van der Waals surface area contributed by atoms with Gasteiger partial charge in [0, 0.05) is 0 Å². The summed E-state index contributed by atoms with van der Waals surface area (Å²) in [6.45, 7) is 2.03. The fourth-order valence-corrected chi connectivity index (χ4v) is 3.16. The second-order valence-corrected chi connectivity index (χ2v) is 6.12. The molecule has 1 aliphatic rings. The molecule has 2 heterocycles. The van der Waals surface area contributed by atoms with Gasteiger partial charge in [0.1, 0.15) is 17.6 Å². The van der Waals surface area contributed by atoms with Gasteiger partial charge in [0.25, 0.3) is 0 Å². The molecule has 0 radical (unpaired) electrons. The molecule has 3 nitrogen and oxygen atoms in total. The van der Waals surface area contributed by atoms with Gasteiger partial charge >= 0.3 is 0 Å². The fraction of sp³-hybridized carbons (Fsp3) is 0.238. The lowest BCUT2D eigenvalue weighted by molar-refractivity contribution is 0.163. The minimum Gasteiger partial charge on any atom is -0.490 e. The van der Waals surface area contributed by atoms with Crippen LogP contribution in [-0.2, 0) is 0 Å². The van der Waals surface area contributed by atoms with Gasteiger partial charge < -0.3 is 14.5 Å². The van der Waals surface area contributed by atoms with Gasteiger partial charge in [-0.15, -0.1) is 0 Å². The highest BCUT2D eigenvalue weighted by atomic mass is 16.5. The number of hydrogen-bond donors (Lipinski definition) is 1. The summed E-state index contributed by atoms with van der Waals surface area (Å²) in [5.74, 6) is 1.75. The van der Waals surface area contributed by atoms with Gasteiger partial charge in [-0.25, -0.2) is 0 Å². The lowest BCUT2D eigenvalue weighted by Crippen LogP contribution is -2.34. The monoisotopic (exact) mass is 319 g/mol. The van der Waals surface area contributed by atoms with E-state index in [0.29, 0.717) is 0 Å². The van der Waals surface area contributed by atoms with Crippen LogP contribution in [0.25, 0.3) is 22.5 Å². The lowest BCUT2D eigenvalue weighted by atomic mass is 10.0. The summed E-state index contributed by atoms with van der Waals surface area (Å²) < 4.78 is 12.0. The van der Waals surface area contributed by atoms with Crippen LogP contribution < -0.4 is 10.1 Å². The molecule has 0 bridgehead atoms. The van der Waals surface area contributed by atoms with Crippen molar-refractivity contribution in [1.29, 1.82) is 0 Å². The number of furan rings is 1. The molecule has 3 heteroatoms. The maximum atomic E-state index is 6.37. The molecule has 122 valence electrons. The quantitative estimate of drug-likeness (QED) is 0.754. The van der Waals surface area contributed by atoms with Crippen molar-refractivity contribution in [2.45, 2.75) is 18.9 Å². The minimum atomic E-state index is 0.256. The van der Waals surface area contributed by atoms with Crippen LogP contribution in [0.15, 0.2) is 71.3 Å². The maximum absolute atomic E-state index is 6.37. The molecule has 1 fully saturated rings. The van der Waals surface area contributed by atoms with Gasteiger partial charge in [-0.1, -0.05) is 36.4 Å². The molecule has 4 rings (SSSR count). The zero-order chi connectivity index (χ0) is 16.2. The number of benzene rings is 2. The van der Waals surface area contributed by atoms with Crippen molar-refractivity contribution in [3.63, 3.8) is 0 Å². The van der Waals surface area contributed by atoms with E-state index < -0.39 is 0 Å². The van der Waals surface area contributed by atoms with Crippen molar-refractivity contribution in [2.75, 3.05) is 13.1 Å². The Bertz CT molecular complexity index is 775. The highest BCUT2D eigenvalue weighted by molar-refractivity contribution is 5.74. The zero-order valence-corrected chi connectivity index (χ0v) is 13.6. The third-order valence-corrected chi connectivity index (χ3v) is 4.46. The molecule has 0 atom stereocenters. The van der Waals surface area contributed by atoms with E-state index in [1.165, 1.54) is 5.56 Å². The second kappa shape index (κ2) is 6.93. The Kier molecular flexibility index (Phi) is 4.34. The van der Waals surface area contributed by atoms with Gasteiger partial charge in [-0.2, -0.15) is 0 Å². The summed E-state index contributed by atoms with van der Waals surface area (Å²) in [6.07, 6.45) is 4.03. The molecule has 2 aromatic carbocycles. The smallest absolute Gasteiger partial charge is 0.137 e. The fourth-order valence-electron chi connectivity index (χ4n) is 3.16. The molecular formula is C21H21NO2. The number of nitrogens with one attached hydrogen (secondary N) is 1. The van der Waals surface area contributed by atoms with E-state index in [9.17, 15) is 0 Å². The van der Waals surface area contributed by atoms with E-state index in [1.807, 2.05) is 18.2 Å². The van der Waals surface area contributed by atoms with Gasteiger partial charge in [0.2, 0.25) is 0 Å². The van der Waals surface area contributed by atoms with Crippen LogP contribution in [0.5, 0.6) is 5.75 Å². The summed E-state index contributed by atoms with van der Waals surface area (Å²) >= 11 is 0. The highest BCUT2D eigenvalue weighted by Crippen LogP contribution is 2.35. The first-order valence-corrected chi connectivity index (χ1v) is 8.51. The Morgan fingerprint density at radius 3 is 2.46 bits per heavy atom. The zero-order valence-electron chi connectivity index (χ0n) is 13.6. The van der Waals surface area contributed by atoms with Crippen LogP contribution in [0.4, 0.5) is 0 Å². The Morgan fingerprint density at radius 1 is 0.875 bits per heavy atom. The van der Waals surface area contributed by atoms with Crippen molar-refractivity contribution in [3.8, 4) is 28.2 Å². The topological polar surface area (TPSA) is 34.4 Å². The Labute approximate surface area is 142 Å². The average Bonchev–Trinajstić information content (AvgIpc) is 3.18. The first kappa shape index (κ1) is 15.0. The first-order chi connectivity index (χ1) is 11.9. The summed E-state index contributed by atoms with van der Waals surface area (Å²) in [5, 5.41) is 3.38. The third-order valence-electron chi connectivity index (χ3n) is 4.46. The standard InChI is InChI=1S/C21H21NO2/c1-2-5-16(6-3-1)17-8-9-19(20-7-4-14-23-20)21(15-17)24-18-10-12-22-13-11-18/h1-9,14-15,18,22H,10-13H2. The summed E-state index contributed by atoms with van der Waals surface area (Å²) in [7, 11) is 0. The van der Waals surface area contributed by atoms with E-state index >= 15 is 0 Å². The van der Waals surface area contributed by atoms with Crippen LogP contribution in [0.2, 0.25) is 0 Å². The first-order valence-electron chi connectivity index (χ1n) is 8.51. The number of rotatable bonds is 4. The molecule has 1 aliphatic heterocycles. The molecule has 0 saturated carbocycles. The van der Waals surface area contributed by atoms with Gasteiger partial charge in [-0.05, 0) is 61.3 Å². The van der Waals surface area contributed by atoms with E-state index in [0.717, 1.165) is 48.6 Å². The molecule has 1 saturated heterocycles. The Morgan fingerprint density at radius 2 is 1.71 bits per heavy atom. The van der Waals surface area contributed by atoms with Crippen molar-refractivity contribution in [3.05, 3.63) is 66.9 Å². The van der Waals surface area contributed by atoms with Crippen molar-refractivity contribution < 1.29 is 9.15 Å². The van der Waals surface area contributed by atoms with E-state index in [2.05, 4.69) is 47.8 Å². The molecule has 1 aromatic heterocycles. The maximum Gasteiger partial charge on any atom is 0.137 e. The molecule has 1 N–H and O–H groups in total. The Hall–Kier alpha value is -2.52. The van der Waals surface area contributed by atoms with Gasteiger partial charge in [0.05, 0.1) is 11.8 Å². The highest BCUT2D eigenvalue weighted by Gasteiger charge is 2.18. The number of hydrogen-bond acceptors (Lipinski definition) is 3. The van der Waals surface area contributed by atoms with Crippen LogP contribution >= 0.6 is 0 Å². The normalized spacial score (nSPS) is 15.3. The molecule has 0 spiro atoms. The predicted molar refractivity (Wildman–Crippen MR) is 96.1 cm³/mol. The van der Waals surface area contributed by atoms with Crippen molar-refractivity contribution in [1.82, 2.24) is 5.32 Å². The van der Waals surface area contributed by atoms with E-state index in [4.69, 9.17) is 9.15 Å². The van der Waals surface area contributed by atoms with E-state index in [1.54, 1.807) is 6.26 Å². The molecule has 3 aromatic rings. The Balaban J connectivity index is 1.71. The van der Waals surface area contributed by atoms with Gasteiger partial charge in [0.15, 0.2) is 0 Å². The van der Waals surface area contributed by atoms with Crippen molar-refractivity contribution in [2.24, 2.45) is 0 Å². The summed E-state index contributed by atoms with van der Waals surface area (Å²) in [4.78, 5) is 0. The molecule has 0 aliphatic carbocycles. The summed E-state index contributed by atoms with van der Waals surface area (Å²) in [6, 6.07) is 20.6.